The average Bonchev–Trinajstić information content (AvgIpc) is 2.85. The Bertz CT molecular complexity index is 471. The molecule has 2 heterocycles. The summed E-state index contributed by atoms with van der Waals surface area (Å²) in [6.45, 7) is 4.25. The predicted molar refractivity (Wildman–Crippen MR) is 63.1 cm³/mol. The molecule has 6 heteroatoms. The number of carbonyl (C=O) groups is 2. The first-order chi connectivity index (χ1) is 7.94. The predicted octanol–water partition coefficient (Wildman–Crippen LogP) is 1.39. The van der Waals surface area contributed by atoms with Crippen molar-refractivity contribution in [2.45, 2.75) is 20.3 Å². The SMILES string of the molecule is Cc1ncsc1C(=O)N1CC[C@](C)(C(=O)O)C1. The number of aliphatic carboxylic acids is 1. The molecule has 0 spiro atoms. The van der Waals surface area contributed by atoms with Crippen LogP contribution in [0.4, 0.5) is 0 Å². The van der Waals surface area contributed by atoms with Gasteiger partial charge >= 0.3 is 5.97 Å². The van der Waals surface area contributed by atoms with Crippen molar-refractivity contribution < 1.29 is 14.7 Å². The lowest BCUT2D eigenvalue weighted by Crippen LogP contribution is -2.34. The van der Waals surface area contributed by atoms with Crippen molar-refractivity contribution in [2.24, 2.45) is 5.41 Å². The zero-order valence-corrected chi connectivity index (χ0v) is 10.6. The fourth-order valence-corrected chi connectivity index (χ4v) is 2.73. The number of aryl methyl sites for hydroxylation is 1. The Balaban J connectivity index is 2.15. The molecule has 5 nitrogen and oxygen atoms in total. The van der Waals surface area contributed by atoms with E-state index in [2.05, 4.69) is 4.98 Å². The van der Waals surface area contributed by atoms with Crippen LogP contribution in [0.2, 0.25) is 0 Å². The summed E-state index contributed by atoms with van der Waals surface area (Å²) in [5.74, 6) is -0.941. The van der Waals surface area contributed by atoms with Crippen LogP contribution in [0.3, 0.4) is 0 Å². The van der Waals surface area contributed by atoms with E-state index in [4.69, 9.17) is 5.11 Å². The molecule has 0 radical (unpaired) electrons. The lowest BCUT2D eigenvalue weighted by Gasteiger charge is -2.19. The summed E-state index contributed by atoms with van der Waals surface area (Å²) >= 11 is 1.30. The number of thiazole rings is 1. The molecule has 1 fully saturated rings. The number of hydrogen-bond acceptors (Lipinski definition) is 4. The third kappa shape index (κ3) is 2.04. The van der Waals surface area contributed by atoms with Crippen molar-refractivity contribution in [3.8, 4) is 0 Å². The number of amides is 1. The zero-order valence-electron chi connectivity index (χ0n) is 9.77. The van der Waals surface area contributed by atoms with Gasteiger partial charge in [0.1, 0.15) is 4.88 Å². The van der Waals surface area contributed by atoms with Crippen LogP contribution in [0.5, 0.6) is 0 Å². The molecule has 0 unspecified atom stereocenters. The van der Waals surface area contributed by atoms with Gasteiger partial charge in [-0.05, 0) is 20.3 Å². The van der Waals surface area contributed by atoms with E-state index < -0.39 is 11.4 Å². The summed E-state index contributed by atoms with van der Waals surface area (Å²) in [6, 6.07) is 0. The van der Waals surface area contributed by atoms with Crippen molar-refractivity contribution in [1.82, 2.24) is 9.88 Å². The van der Waals surface area contributed by atoms with Crippen LogP contribution < -0.4 is 0 Å². The summed E-state index contributed by atoms with van der Waals surface area (Å²) < 4.78 is 0. The summed E-state index contributed by atoms with van der Waals surface area (Å²) in [4.78, 5) is 29.5. The molecular weight excluding hydrogens is 240 g/mol. The molecule has 0 bridgehead atoms. The number of likely N-dealkylation sites (tertiary alicyclic amines) is 1. The largest absolute Gasteiger partial charge is 0.481 e. The molecule has 1 aromatic heterocycles. The van der Waals surface area contributed by atoms with E-state index in [0.29, 0.717) is 23.5 Å². The third-order valence-corrected chi connectivity index (χ3v) is 4.13. The number of carboxylic acid groups (broad SMARTS) is 1. The van der Waals surface area contributed by atoms with Crippen LogP contribution in [0, 0.1) is 12.3 Å². The molecule has 2 rings (SSSR count). The second-order valence-electron chi connectivity index (χ2n) is 4.61. The van der Waals surface area contributed by atoms with Gasteiger partial charge in [-0.2, -0.15) is 0 Å². The molecule has 0 aliphatic carbocycles. The number of aromatic nitrogens is 1. The normalized spacial score (nSPS) is 24.0. The lowest BCUT2D eigenvalue weighted by molar-refractivity contribution is -0.147. The fourth-order valence-electron chi connectivity index (χ4n) is 1.96. The van der Waals surface area contributed by atoms with Gasteiger partial charge in [-0.3, -0.25) is 9.59 Å². The summed E-state index contributed by atoms with van der Waals surface area (Å²) in [7, 11) is 0. The van der Waals surface area contributed by atoms with Crippen molar-refractivity contribution in [3.05, 3.63) is 16.1 Å². The van der Waals surface area contributed by atoms with Gasteiger partial charge in [0.05, 0.1) is 16.6 Å². The van der Waals surface area contributed by atoms with E-state index >= 15 is 0 Å². The minimum Gasteiger partial charge on any atom is -0.481 e. The van der Waals surface area contributed by atoms with Crippen LogP contribution >= 0.6 is 11.3 Å². The molecule has 0 aromatic carbocycles. The molecule has 17 heavy (non-hydrogen) atoms. The van der Waals surface area contributed by atoms with Gasteiger partial charge in [-0.1, -0.05) is 0 Å². The topological polar surface area (TPSA) is 70.5 Å². The van der Waals surface area contributed by atoms with Gasteiger partial charge in [-0.15, -0.1) is 11.3 Å². The first kappa shape index (κ1) is 12.0. The molecule has 1 atom stereocenters. The highest BCUT2D eigenvalue weighted by Gasteiger charge is 2.42. The molecule has 0 saturated carbocycles. The maximum Gasteiger partial charge on any atom is 0.311 e. The minimum atomic E-state index is -0.839. The second kappa shape index (κ2) is 4.10. The lowest BCUT2D eigenvalue weighted by atomic mass is 9.90. The number of nitrogens with zero attached hydrogens (tertiary/aromatic N) is 2. The molecule has 1 amide bonds. The van der Waals surface area contributed by atoms with E-state index in [-0.39, 0.29) is 12.5 Å². The zero-order chi connectivity index (χ0) is 12.6. The Morgan fingerprint density at radius 2 is 2.29 bits per heavy atom. The van der Waals surface area contributed by atoms with Gasteiger partial charge in [0.25, 0.3) is 5.91 Å². The maximum absolute atomic E-state index is 12.1. The highest BCUT2D eigenvalue weighted by molar-refractivity contribution is 7.11. The van der Waals surface area contributed by atoms with Crippen molar-refractivity contribution >= 4 is 23.2 Å². The van der Waals surface area contributed by atoms with Crippen LogP contribution in [-0.4, -0.2) is 40.0 Å². The van der Waals surface area contributed by atoms with Gasteiger partial charge in [-0.25, -0.2) is 4.98 Å². The fraction of sp³-hybridized carbons (Fsp3) is 0.545. The van der Waals surface area contributed by atoms with Crippen molar-refractivity contribution in [2.75, 3.05) is 13.1 Å². The Morgan fingerprint density at radius 3 is 2.76 bits per heavy atom. The maximum atomic E-state index is 12.1. The highest BCUT2D eigenvalue weighted by Crippen LogP contribution is 2.31. The smallest absolute Gasteiger partial charge is 0.311 e. The van der Waals surface area contributed by atoms with Gasteiger partial charge in [0.2, 0.25) is 0 Å². The minimum absolute atomic E-state index is 0.102. The van der Waals surface area contributed by atoms with Crippen LogP contribution in [0.1, 0.15) is 28.7 Å². The van der Waals surface area contributed by atoms with Crippen LogP contribution in [-0.2, 0) is 4.79 Å². The van der Waals surface area contributed by atoms with E-state index in [9.17, 15) is 9.59 Å². The van der Waals surface area contributed by atoms with Crippen molar-refractivity contribution in [1.29, 1.82) is 0 Å². The Labute approximate surface area is 103 Å². The molecule has 1 aliphatic heterocycles. The standard InChI is InChI=1S/C11H14N2O3S/c1-7-8(17-6-12-7)9(14)13-4-3-11(2,5-13)10(15)16/h6H,3-5H2,1-2H3,(H,15,16)/t11-/m0/s1. The number of rotatable bonds is 2. The van der Waals surface area contributed by atoms with E-state index in [1.807, 2.05) is 0 Å². The molecule has 1 aromatic rings. The van der Waals surface area contributed by atoms with E-state index in [0.717, 1.165) is 0 Å². The second-order valence-corrected chi connectivity index (χ2v) is 5.46. The molecule has 1 aliphatic rings. The highest BCUT2D eigenvalue weighted by atomic mass is 32.1. The van der Waals surface area contributed by atoms with E-state index in [1.165, 1.54) is 11.3 Å². The van der Waals surface area contributed by atoms with E-state index in [1.54, 1.807) is 24.3 Å². The van der Waals surface area contributed by atoms with Crippen LogP contribution in [0.15, 0.2) is 5.51 Å². The molecule has 92 valence electrons. The Morgan fingerprint density at radius 1 is 1.59 bits per heavy atom. The van der Waals surface area contributed by atoms with Crippen LogP contribution in [0.25, 0.3) is 0 Å². The average molecular weight is 254 g/mol. The van der Waals surface area contributed by atoms with Gasteiger partial charge < -0.3 is 10.0 Å². The summed E-state index contributed by atoms with van der Waals surface area (Å²) in [5.41, 5.74) is 1.53. The van der Waals surface area contributed by atoms with Gasteiger partial charge in [0, 0.05) is 13.1 Å². The summed E-state index contributed by atoms with van der Waals surface area (Å²) in [6.07, 6.45) is 0.506. The Kier molecular flexibility index (Phi) is 2.91. The monoisotopic (exact) mass is 254 g/mol. The third-order valence-electron chi connectivity index (χ3n) is 3.22. The number of hydrogen-bond donors (Lipinski definition) is 1. The molecule has 1 saturated heterocycles. The Hall–Kier alpha value is -1.43. The quantitative estimate of drug-likeness (QED) is 0.865. The summed E-state index contributed by atoms with van der Waals surface area (Å²) in [5, 5.41) is 9.11. The molecular formula is C11H14N2O3S. The first-order valence-corrected chi connectivity index (χ1v) is 6.25. The number of carboxylic acids is 1. The van der Waals surface area contributed by atoms with Gasteiger partial charge in [0.15, 0.2) is 0 Å². The van der Waals surface area contributed by atoms with Crippen molar-refractivity contribution in [3.63, 3.8) is 0 Å². The number of carbonyl (C=O) groups excluding carboxylic acids is 1. The molecule has 1 N–H and O–H groups in total. The first-order valence-electron chi connectivity index (χ1n) is 5.37.